The molecular weight excluding hydrogens is 437 g/mol. The number of nitrogens with zero attached hydrogens (tertiary/aromatic N) is 4. The second-order valence-electron chi connectivity index (χ2n) is 6.71. The SMILES string of the molecule is C=C(/C=C(\C=C/C)Nc1nnc(-c2ccc(Oc3ncnc4[nH]ccc34)cc2)o1)C(F)(F)F. The molecule has 4 rings (SSSR count). The summed E-state index contributed by atoms with van der Waals surface area (Å²) >= 11 is 0. The molecule has 2 N–H and O–H groups in total. The summed E-state index contributed by atoms with van der Waals surface area (Å²) in [5.74, 6) is 1.11. The molecule has 0 saturated carbocycles. The first-order chi connectivity index (χ1) is 15.8. The van der Waals surface area contributed by atoms with Gasteiger partial charge in [-0.2, -0.15) is 13.2 Å². The number of ether oxygens (including phenoxy) is 1. The lowest BCUT2D eigenvalue weighted by molar-refractivity contribution is -0.0878. The Bertz CT molecular complexity index is 1340. The van der Waals surface area contributed by atoms with Crippen molar-refractivity contribution < 1.29 is 22.3 Å². The number of alkyl halides is 3. The van der Waals surface area contributed by atoms with Crippen molar-refractivity contribution in [1.29, 1.82) is 0 Å². The molecular formula is C22H17F3N6O2. The highest BCUT2D eigenvalue weighted by atomic mass is 19.4. The number of nitrogens with one attached hydrogen (secondary N) is 2. The summed E-state index contributed by atoms with van der Waals surface area (Å²) in [5, 5.41) is 11.2. The van der Waals surface area contributed by atoms with Gasteiger partial charge in [0, 0.05) is 17.5 Å². The van der Waals surface area contributed by atoms with Crippen LogP contribution in [0.25, 0.3) is 22.5 Å². The van der Waals surface area contributed by atoms with Crippen molar-refractivity contribution in [3.8, 4) is 23.1 Å². The van der Waals surface area contributed by atoms with Crippen LogP contribution in [0, 0.1) is 0 Å². The van der Waals surface area contributed by atoms with E-state index in [0.29, 0.717) is 22.8 Å². The summed E-state index contributed by atoms with van der Waals surface area (Å²) in [6, 6.07) is 8.55. The van der Waals surface area contributed by atoms with E-state index in [1.165, 1.54) is 12.4 Å². The Morgan fingerprint density at radius 3 is 2.67 bits per heavy atom. The highest BCUT2D eigenvalue weighted by Crippen LogP contribution is 2.29. The lowest BCUT2D eigenvalue weighted by Gasteiger charge is -2.08. The molecule has 3 aromatic heterocycles. The highest BCUT2D eigenvalue weighted by molar-refractivity contribution is 5.80. The van der Waals surface area contributed by atoms with Crippen LogP contribution in [0.2, 0.25) is 0 Å². The van der Waals surface area contributed by atoms with Crippen LogP contribution >= 0.6 is 0 Å². The van der Waals surface area contributed by atoms with E-state index in [2.05, 4.69) is 37.0 Å². The number of aromatic nitrogens is 5. The topological polar surface area (TPSA) is 102 Å². The smallest absolute Gasteiger partial charge is 0.415 e. The number of benzene rings is 1. The van der Waals surface area contributed by atoms with Gasteiger partial charge in [0.2, 0.25) is 11.8 Å². The fourth-order valence-corrected chi connectivity index (χ4v) is 2.80. The summed E-state index contributed by atoms with van der Waals surface area (Å²) in [7, 11) is 0. The standard InChI is InChI=1S/C22H17F3N6O2/c1-3-4-15(11-13(2)22(23,24)25)29-21-31-30-19(33-21)14-5-7-16(8-6-14)32-20-17-9-10-26-18(17)27-12-28-20/h3-12H,2H2,1H3,(H,29,31)(H,26,27,28)/b4-3-,15-11+. The average Bonchev–Trinajstić information content (AvgIpc) is 3.44. The number of hydrogen-bond acceptors (Lipinski definition) is 7. The number of halogens is 3. The Morgan fingerprint density at radius 1 is 1.15 bits per heavy atom. The summed E-state index contributed by atoms with van der Waals surface area (Å²) in [4.78, 5) is 11.2. The van der Waals surface area contributed by atoms with E-state index >= 15 is 0 Å². The van der Waals surface area contributed by atoms with Crippen LogP contribution in [0.1, 0.15) is 6.92 Å². The number of H-pyrrole nitrogens is 1. The second-order valence-corrected chi connectivity index (χ2v) is 6.71. The molecule has 0 bridgehead atoms. The van der Waals surface area contributed by atoms with Gasteiger partial charge in [0.1, 0.15) is 17.7 Å². The van der Waals surface area contributed by atoms with Gasteiger partial charge in [-0.25, -0.2) is 9.97 Å². The maximum Gasteiger partial charge on any atom is 0.415 e. The lowest BCUT2D eigenvalue weighted by atomic mass is 10.2. The number of allylic oxidation sites excluding steroid dienone is 4. The maximum atomic E-state index is 12.8. The van der Waals surface area contributed by atoms with Crippen LogP contribution in [-0.4, -0.2) is 31.3 Å². The van der Waals surface area contributed by atoms with E-state index in [-0.39, 0.29) is 17.6 Å². The van der Waals surface area contributed by atoms with Gasteiger partial charge >= 0.3 is 12.2 Å². The average molecular weight is 454 g/mol. The molecule has 168 valence electrons. The summed E-state index contributed by atoms with van der Waals surface area (Å²) in [6.07, 6.45) is 2.45. The van der Waals surface area contributed by atoms with Gasteiger partial charge in [-0.15, -0.1) is 5.10 Å². The van der Waals surface area contributed by atoms with E-state index in [4.69, 9.17) is 9.15 Å². The molecule has 0 aliphatic heterocycles. The van der Waals surface area contributed by atoms with Gasteiger partial charge in [0.15, 0.2) is 0 Å². The Balaban J connectivity index is 1.48. The van der Waals surface area contributed by atoms with Gasteiger partial charge in [-0.3, -0.25) is 0 Å². The maximum absolute atomic E-state index is 12.8. The molecule has 0 atom stereocenters. The van der Waals surface area contributed by atoms with E-state index in [1.54, 1.807) is 43.5 Å². The number of aromatic amines is 1. The molecule has 0 amide bonds. The van der Waals surface area contributed by atoms with Crippen molar-refractivity contribution in [2.75, 3.05) is 5.32 Å². The first-order valence-electron chi connectivity index (χ1n) is 9.61. The van der Waals surface area contributed by atoms with Crippen LogP contribution in [0.15, 0.2) is 83.4 Å². The van der Waals surface area contributed by atoms with Crippen LogP contribution < -0.4 is 10.1 Å². The van der Waals surface area contributed by atoms with Crippen molar-refractivity contribution in [2.45, 2.75) is 13.1 Å². The third kappa shape index (κ3) is 5.09. The van der Waals surface area contributed by atoms with Crippen molar-refractivity contribution in [3.05, 3.63) is 78.9 Å². The summed E-state index contributed by atoms with van der Waals surface area (Å²) in [6.45, 7) is 4.69. The van der Waals surface area contributed by atoms with Crippen molar-refractivity contribution in [2.24, 2.45) is 0 Å². The predicted molar refractivity (Wildman–Crippen MR) is 115 cm³/mol. The molecule has 0 unspecified atom stereocenters. The van der Waals surface area contributed by atoms with Gasteiger partial charge in [-0.1, -0.05) is 17.8 Å². The van der Waals surface area contributed by atoms with Crippen molar-refractivity contribution in [1.82, 2.24) is 25.1 Å². The van der Waals surface area contributed by atoms with E-state index in [1.807, 2.05) is 6.07 Å². The van der Waals surface area contributed by atoms with Crippen LogP contribution in [0.4, 0.5) is 19.2 Å². The number of fused-ring (bicyclic) bond motifs is 1. The van der Waals surface area contributed by atoms with E-state index in [0.717, 1.165) is 11.5 Å². The van der Waals surface area contributed by atoms with Gasteiger partial charge < -0.3 is 19.5 Å². The first kappa shape index (κ1) is 21.8. The molecule has 1 aromatic carbocycles. The van der Waals surface area contributed by atoms with E-state index < -0.39 is 11.7 Å². The third-order valence-electron chi connectivity index (χ3n) is 4.35. The Labute approximate surface area is 185 Å². The second kappa shape index (κ2) is 8.99. The van der Waals surface area contributed by atoms with Crippen LogP contribution in [0.5, 0.6) is 11.6 Å². The normalized spacial score (nSPS) is 12.4. The molecule has 0 saturated heterocycles. The number of anilines is 1. The third-order valence-corrected chi connectivity index (χ3v) is 4.35. The Hall–Kier alpha value is -4.41. The molecule has 0 spiro atoms. The minimum absolute atomic E-state index is 0.0690. The van der Waals surface area contributed by atoms with Crippen molar-refractivity contribution in [3.63, 3.8) is 0 Å². The molecule has 4 aromatic rings. The molecule has 33 heavy (non-hydrogen) atoms. The molecule has 0 fully saturated rings. The largest absolute Gasteiger partial charge is 0.438 e. The predicted octanol–water partition coefficient (Wildman–Crippen LogP) is 5.79. The minimum Gasteiger partial charge on any atom is -0.438 e. The van der Waals surface area contributed by atoms with Gasteiger partial charge in [0.25, 0.3) is 0 Å². The molecule has 0 radical (unpaired) electrons. The monoisotopic (exact) mass is 454 g/mol. The molecule has 11 heteroatoms. The molecule has 3 heterocycles. The fourth-order valence-electron chi connectivity index (χ4n) is 2.80. The highest BCUT2D eigenvalue weighted by Gasteiger charge is 2.30. The Morgan fingerprint density at radius 2 is 1.94 bits per heavy atom. The molecule has 8 nitrogen and oxygen atoms in total. The zero-order valence-electron chi connectivity index (χ0n) is 17.2. The minimum atomic E-state index is -4.54. The van der Waals surface area contributed by atoms with E-state index in [9.17, 15) is 13.2 Å². The Kier molecular flexibility index (Phi) is 5.94. The van der Waals surface area contributed by atoms with Crippen LogP contribution in [0.3, 0.4) is 0 Å². The first-order valence-corrected chi connectivity index (χ1v) is 9.61. The molecule has 0 aliphatic rings. The zero-order valence-corrected chi connectivity index (χ0v) is 17.2. The van der Waals surface area contributed by atoms with Crippen molar-refractivity contribution >= 4 is 17.0 Å². The fraction of sp³-hybridized carbons (Fsp3) is 0.0909. The lowest BCUT2D eigenvalue weighted by Crippen LogP contribution is -2.10. The molecule has 0 aliphatic carbocycles. The summed E-state index contributed by atoms with van der Waals surface area (Å²) < 4.78 is 49.7. The summed E-state index contributed by atoms with van der Waals surface area (Å²) in [5.41, 5.74) is 0.333. The number of hydrogen-bond donors (Lipinski definition) is 2. The zero-order chi connectivity index (χ0) is 23.4. The van der Waals surface area contributed by atoms with Crippen LogP contribution in [-0.2, 0) is 0 Å². The van der Waals surface area contributed by atoms with Gasteiger partial charge in [-0.05, 0) is 49.4 Å². The quantitative estimate of drug-likeness (QED) is 0.341. The number of rotatable bonds is 7. The van der Waals surface area contributed by atoms with Gasteiger partial charge in [0.05, 0.1) is 11.0 Å².